The molecule has 1 aromatic heterocycles. The van der Waals surface area contributed by atoms with E-state index in [1.807, 2.05) is 24.3 Å². The molecule has 0 aliphatic rings. The van der Waals surface area contributed by atoms with Gasteiger partial charge in [0.2, 0.25) is 0 Å². The number of aromatic amines is 1. The molecule has 0 unspecified atom stereocenters. The van der Waals surface area contributed by atoms with Crippen LogP contribution in [0, 0.1) is 0 Å². The zero-order valence-electron chi connectivity index (χ0n) is 13.5. The van der Waals surface area contributed by atoms with Crippen molar-refractivity contribution >= 4 is 16.6 Å². The molecule has 0 atom stereocenters. The highest BCUT2D eigenvalue weighted by atomic mass is 16.5. The Morgan fingerprint density at radius 3 is 2.57 bits per heavy atom. The first kappa shape index (κ1) is 15.6. The van der Waals surface area contributed by atoms with E-state index in [1.54, 1.807) is 13.8 Å². The topological polar surface area (TPSA) is 71.3 Å². The number of anilines is 1. The quantitative estimate of drug-likeness (QED) is 0.629. The number of fused-ring (bicyclic) bond motifs is 1. The van der Waals surface area contributed by atoms with E-state index in [-0.39, 0.29) is 6.61 Å². The van der Waals surface area contributed by atoms with Crippen molar-refractivity contribution in [2.75, 3.05) is 12.3 Å². The smallest absolute Gasteiger partial charge is 0.0824 e. The molecule has 0 saturated heterocycles. The Balaban J connectivity index is 1.86. The Labute approximate surface area is 135 Å². The van der Waals surface area contributed by atoms with Crippen LogP contribution in [0.3, 0.4) is 0 Å². The molecule has 0 bridgehead atoms. The normalized spacial score (nSPS) is 12.0. The Morgan fingerprint density at radius 1 is 1.13 bits per heavy atom. The van der Waals surface area contributed by atoms with Gasteiger partial charge < -0.3 is 20.6 Å². The predicted molar refractivity (Wildman–Crippen MR) is 94.1 cm³/mol. The number of nitrogens with one attached hydrogen (secondary N) is 1. The first-order chi connectivity index (χ1) is 10.9. The zero-order chi connectivity index (χ0) is 16.4. The fourth-order valence-corrected chi connectivity index (χ4v) is 2.61. The number of H-pyrrole nitrogens is 1. The molecule has 0 radical (unpaired) electrons. The van der Waals surface area contributed by atoms with Gasteiger partial charge in [-0.15, -0.1) is 0 Å². The molecular weight excluding hydrogens is 288 g/mol. The Hall–Kier alpha value is -2.30. The number of nitrogen functional groups attached to an aromatic ring is 1. The van der Waals surface area contributed by atoms with Gasteiger partial charge >= 0.3 is 0 Å². The van der Waals surface area contributed by atoms with Crippen LogP contribution in [0.1, 0.15) is 19.4 Å². The van der Waals surface area contributed by atoms with Crippen molar-refractivity contribution in [2.45, 2.75) is 26.1 Å². The minimum absolute atomic E-state index is 0.285. The third kappa shape index (κ3) is 3.73. The highest BCUT2D eigenvalue weighted by molar-refractivity contribution is 5.94. The summed E-state index contributed by atoms with van der Waals surface area (Å²) in [4.78, 5) is 3.38. The lowest BCUT2D eigenvalue weighted by molar-refractivity contribution is -0.0268. The second-order valence-electron chi connectivity index (χ2n) is 6.50. The number of ether oxygens (including phenoxy) is 1. The van der Waals surface area contributed by atoms with Gasteiger partial charge in [-0.2, -0.15) is 0 Å². The van der Waals surface area contributed by atoms with Gasteiger partial charge in [0.1, 0.15) is 0 Å². The number of benzene rings is 2. The summed E-state index contributed by atoms with van der Waals surface area (Å²) in [5, 5.41) is 10.8. The number of aliphatic hydroxyl groups is 1. The van der Waals surface area contributed by atoms with E-state index in [0.29, 0.717) is 12.3 Å². The van der Waals surface area contributed by atoms with Crippen molar-refractivity contribution in [3.05, 3.63) is 54.1 Å². The molecule has 120 valence electrons. The molecule has 3 aromatic rings. The lowest BCUT2D eigenvalue weighted by Crippen LogP contribution is -2.25. The van der Waals surface area contributed by atoms with Crippen LogP contribution in [0.25, 0.3) is 22.2 Å². The summed E-state index contributed by atoms with van der Waals surface area (Å²) >= 11 is 0. The maximum Gasteiger partial charge on any atom is 0.0824 e. The number of aromatic nitrogens is 1. The second kappa shape index (κ2) is 6.07. The minimum Gasteiger partial charge on any atom is -0.397 e. The SMILES string of the molecule is CC(C)(O)COCc1cc(N)c2[nH]c(-c3ccccc3)cc2c1. The van der Waals surface area contributed by atoms with E-state index in [4.69, 9.17) is 10.5 Å². The summed E-state index contributed by atoms with van der Waals surface area (Å²) in [5.41, 5.74) is 10.2. The van der Waals surface area contributed by atoms with Gasteiger partial charge in [0.15, 0.2) is 0 Å². The van der Waals surface area contributed by atoms with Crippen LogP contribution >= 0.6 is 0 Å². The summed E-state index contributed by atoms with van der Waals surface area (Å²) in [6.45, 7) is 4.16. The van der Waals surface area contributed by atoms with Crippen molar-refractivity contribution < 1.29 is 9.84 Å². The van der Waals surface area contributed by atoms with E-state index < -0.39 is 5.60 Å². The van der Waals surface area contributed by atoms with Crippen LogP contribution in [0.4, 0.5) is 5.69 Å². The van der Waals surface area contributed by atoms with Crippen LogP contribution in [0.2, 0.25) is 0 Å². The zero-order valence-corrected chi connectivity index (χ0v) is 13.5. The van der Waals surface area contributed by atoms with Gasteiger partial charge in [-0.05, 0) is 43.2 Å². The first-order valence-electron chi connectivity index (χ1n) is 7.69. The average Bonchev–Trinajstić information content (AvgIpc) is 2.91. The summed E-state index contributed by atoms with van der Waals surface area (Å²) in [7, 11) is 0. The van der Waals surface area contributed by atoms with Crippen molar-refractivity contribution in [1.29, 1.82) is 0 Å². The summed E-state index contributed by atoms with van der Waals surface area (Å²) in [6, 6.07) is 16.2. The fourth-order valence-electron chi connectivity index (χ4n) is 2.61. The van der Waals surface area contributed by atoms with Crippen molar-refractivity contribution in [2.24, 2.45) is 0 Å². The number of hydrogen-bond donors (Lipinski definition) is 3. The van der Waals surface area contributed by atoms with Gasteiger partial charge in [0.25, 0.3) is 0 Å². The number of nitrogens with two attached hydrogens (primary N) is 1. The number of rotatable bonds is 5. The molecule has 4 nitrogen and oxygen atoms in total. The Bertz CT molecular complexity index is 801. The molecule has 0 fully saturated rings. The average molecular weight is 310 g/mol. The predicted octanol–water partition coefficient (Wildman–Crippen LogP) is 3.70. The Morgan fingerprint density at radius 2 is 1.87 bits per heavy atom. The van der Waals surface area contributed by atoms with E-state index >= 15 is 0 Å². The summed E-state index contributed by atoms with van der Waals surface area (Å²) in [5.74, 6) is 0. The Kier molecular flexibility index (Phi) is 4.11. The standard InChI is InChI=1S/C19H22N2O2/c1-19(2,22)12-23-11-13-8-15-10-17(14-6-4-3-5-7-14)21-18(15)16(20)9-13/h3-10,21-22H,11-12,20H2,1-2H3. The van der Waals surface area contributed by atoms with Crippen molar-refractivity contribution in [3.8, 4) is 11.3 Å². The van der Waals surface area contributed by atoms with Gasteiger partial charge in [-0.3, -0.25) is 0 Å². The molecular formula is C19H22N2O2. The third-order valence-corrected chi connectivity index (χ3v) is 3.63. The lowest BCUT2D eigenvalue weighted by Gasteiger charge is -2.17. The van der Waals surface area contributed by atoms with Gasteiger partial charge in [-0.1, -0.05) is 30.3 Å². The van der Waals surface area contributed by atoms with Gasteiger partial charge in [0.05, 0.1) is 30.0 Å². The van der Waals surface area contributed by atoms with Crippen LogP contribution < -0.4 is 5.73 Å². The molecule has 4 N–H and O–H groups in total. The summed E-state index contributed by atoms with van der Waals surface area (Å²) < 4.78 is 5.56. The van der Waals surface area contributed by atoms with Crippen molar-refractivity contribution in [1.82, 2.24) is 4.98 Å². The molecule has 0 saturated carbocycles. The third-order valence-electron chi connectivity index (χ3n) is 3.63. The van der Waals surface area contributed by atoms with Crippen LogP contribution in [-0.2, 0) is 11.3 Å². The van der Waals surface area contributed by atoms with Gasteiger partial charge in [-0.25, -0.2) is 0 Å². The summed E-state index contributed by atoms with van der Waals surface area (Å²) in [6.07, 6.45) is 0. The second-order valence-corrected chi connectivity index (χ2v) is 6.50. The molecule has 0 spiro atoms. The van der Waals surface area contributed by atoms with Crippen LogP contribution in [0.15, 0.2) is 48.5 Å². The van der Waals surface area contributed by atoms with E-state index in [2.05, 4.69) is 29.2 Å². The van der Waals surface area contributed by atoms with E-state index in [0.717, 1.165) is 27.7 Å². The monoisotopic (exact) mass is 310 g/mol. The molecule has 3 rings (SSSR count). The van der Waals surface area contributed by atoms with E-state index in [9.17, 15) is 5.11 Å². The maximum atomic E-state index is 9.70. The molecule has 2 aromatic carbocycles. The van der Waals surface area contributed by atoms with Gasteiger partial charge in [0, 0.05) is 11.1 Å². The van der Waals surface area contributed by atoms with Crippen LogP contribution in [-0.4, -0.2) is 22.3 Å². The highest BCUT2D eigenvalue weighted by Crippen LogP contribution is 2.29. The largest absolute Gasteiger partial charge is 0.397 e. The highest BCUT2D eigenvalue weighted by Gasteiger charge is 2.13. The molecule has 1 heterocycles. The molecule has 0 aliphatic heterocycles. The van der Waals surface area contributed by atoms with Crippen molar-refractivity contribution in [3.63, 3.8) is 0 Å². The minimum atomic E-state index is -0.829. The molecule has 0 aliphatic carbocycles. The van der Waals surface area contributed by atoms with E-state index in [1.165, 1.54) is 0 Å². The fraction of sp³-hybridized carbons (Fsp3) is 0.263. The number of hydrogen-bond acceptors (Lipinski definition) is 3. The maximum absolute atomic E-state index is 9.70. The van der Waals surface area contributed by atoms with Crippen LogP contribution in [0.5, 0.6) is 0 Å². The molecule has 0 amide bonds. The molecule has 23 heavy (non-hydrogen) atoms. The molecule has 4 heteroatoms. The lowest BCUT2D eigenvalue weighted by atomic mass is 10.1. The first-order valence-corrected chi connectivity index (χ1v) is 7.69.